The molecule has 0 aromatic carbocycles. The van der Waals surface area contributed by atoms with Crippen LogP contribution >= 0.6 is 0 Å². The topological polar surface area (TPSA) is 44.1 Å². The minimum atomic E-state index is -0.517. The standard InChI is InChI=1S/C12H16N2O2/c1-5-14-10(8-9-13-14)6-7-11(15)16-12(2,3)4/h8-9H,5H2,1-4H3. The molecule has 0 radical (unpaired) electrons. The van der Waals surface area contributed by atoms with Crippen LogP contribution in [-0.4, -0.2) is 21.4 Å². The third-order valence-electron chi connectivity index (χ3n) is 1.71. The predicted molar refractivity (Wildman–Crippen MR) is 60.6 cm³/mol. The van der Waals surface area contributed by atoms with Crippen molar-refractivity contribution in [3.8, 4) is 11.8 Å². The summed E-state index contributed by atoms with van der Waals surface area (Å²) in [6.45, 7) is 8.12. The lowest BCUT2D eigenvalue weighted by molar-refractivity contribution is -0.147. The zero-order valence-corrected chi connectivity index (χ0v) is 10.1. The number of aromatic nitrogens is 2. The Kier molecular flexibility index (Phi) is 3.73. The number of nitrogens with zero attached hydrogens (tertiary/aromatic N) is 2. The van der Waals surface area contributed by atoms with Gasteiger partial charge >= 0.3 is 5.97 Å². The van der Waals surface area contributed by atoms with Crippen molar-refractivity contribution in [2.24, 2.45) is 0 Å². The summed E-state index contributed by atoms with van der Waals surface area (Å²) in [6.07, 6.45) is 1.66. The Hall–Kier alpha value is -1.76. The van der Waals surface area contributed by atoms with E-state index in [1.165, 1.54) is 0 Å². The highest BCUT2D eigenvalue weighted by Crippen LogP contribution is 2.06. The maximum atomic E-state index is 11.3. The zero-order chi connectivity index (χ0) is 12.2. The van der Waals surface area contributed by atoms with E-state index in [1.54, 1.807) is 16.9 Å². The van der Waals surface area contributed by atoms with Gasteiger partial charge in [0.1, 0.15) is 11.3 Å². The van der Waals surface area contributed by atoms with Gasteiger partial charge in [0.25, 0.3) is 0 Å². The van der Waals surface area contributed by atoms with E-state index in [1.807, 2.05) is 27.7 Å². The monoisotopic (exact) mass is 220 g/mol. The van der Waals surface area contributed by atoms with Crippen LogP contribution in [0.4, 0.5) is 0 Å². The van der Waals surface area contributed by atoms with Crippen LogP contribution in [0.15, 0.2) is 12.3 Å². The Balaban J connectivity index is 2.71. The molecule has 0 saturated heterocycles. The second kappa shape index (κ2) is 4.84. The third kappa shape index (κ3) is 3.77. The van der Waals surface area contributed by atoms with E-state index in [4.69, 9.17) is 4.74 Å². The van der Waals surface area contributed by atoms with Crippen LogP contribution in [0.5, 0.6) is 0 Å². The lowest BCUT2D eigenvalue weighted by Gasteiger charge is -2.16. The molecule has 4 heteroatoms. The van der Waals surface area contributed by atoms with Crippen LogP contribution in [0.2, 0.25) is 0 Å². The highest BCUT2D eigenvalue weighted by Gasteiger charge is 2.14. The first kappa shape index (κ1) is 12.3. The number of hydrogen-bond donors (Lipinski definition) is 0. The van der Waals surface area contributed by atoms with Crippen molar-refractivity contribution in [3.63, 3.8) is 0 Å². The third-order valence-corrected chi connectivity index (χ3v) is 1.71. The quantitative estimate of drug-likeness (QED) is 0.533. The van der Waals surface area contributed by atoms with E-state index in [0.717, 1.165) is 6.54 Å². The molecule has 0 spiro atoms. The maximum Gasteiger partial charge on any atom is 0.385 e. The Morgan fingerprint density at radius 3 is 2.81 bits per heavy atom. The van der Waals surface area contributed by atoms with Gasteiger partial charge in [-0.25, -0.2) is 4.79 Å². The van der Waals surface area contributed by atoms with Crippen LogP contribution in [0.25, 0.3) is 0 Å². The number of carbonyl (C=O) groups excluding carboxylic acids is 1. The van der Waals surface area contributed by atoms with Crippen molar-refractivity contribution in [1.82, 2.24) is 9.78 Å². The van der Waals surface area contributed by atoms with Gasteiger partial charge in [0.2, 0.25) is 0 Å². The zero-order valence-electron chi connectivity index (χ0n) is 10.1. The summed E-state index contributed by atoms with van der Waals surface area (Å²) in [5, 5.41) is 4.05. The summed E-state index contributed by atoms with van der Waals surface area (Å²) in [5.74, 6) is 4.67. The van der Waals surface area contributed by atoms with Gasteiger partial charge in [-0.2, -0.15) is 5.10 Å². The fourth-order valence-corrected chi connectivity index (χ4v) is 1.11. The van der Waals surface area contributed by atoms with Crippen molar-refractivity contribution in [2.75, 3.05) is 0 Å². The summed E-state index contributed by atoms with van der Waals surface area (Å²) in [6, 6.07) is 1.76. The summed E-state index contributed by atoms with van der Waals surface area (Å²) in [7, 11) is 0. The van der Waals surface area contributed by atoms with Crippen molar-refractivity contribution in [2.45, 2.75) is 39.8 Å². The van der Waals surface area contributed by atoms with Crippen molar-refractivity contribution in [1.29, 1.82) is 0 Å². The van der Waals surface area contributed by atoms with Gasteiger partial charge in [0, 0.05) is 12.5 Å². The Morgan fingerprint density at radius 2 is 2.25 bits per heavy atom. The molecule has 4 nitrogen and oxygen atoms in total. The smallest absolute Gasteiger partial charge is 0.385 e. The molecule has 0 fully saturated rings. The molecule has 0 aliphatic carbocycles. The molecule has 0 saturated carbocycles. The molecule has 1 heterocycles. The predicted octanol–water partition coefficient (Wildman–Crippen LogP) is 1.60. The number of ether oxygens (including phenoxy) is 1. The van der Waals surface area contributed by atoms with Gasteiger partial charge in [0.05, 0.1) is 6.20 Å². The van der Waals surface area contributed by atoms with Crippen molar-refractivity contribution in [3.05, 3.63) is 18.0 Å². The first-order valence-corrected chi connectivity index (χ1v) is 5.19. The molecule has 1 aromatic heterocycles. The molecule has 1 aromatic rings. The second-order valence-electron chi connectivity index (χ2n) is 4.28. The van der Waals surface area contributed by atoms with Gasteiger partial charge in [-0.1, -0.05) is 0 Å². The fraction of sp³-hybridized carbons (Fsp3) is 0.500. The molecular weight excluding hydrogens is 204 g/mol. The highest BCUT2D eigenvalue weighted by atomic mass is 16.6. The van der Waals surface area contributed by atoms with Crippen LogP contribution < -0.4 is 0 Å². The summed E-state index contributed by atoms with van der Waals surface area (Å²) < 4.78 is 6.79. The molecule has 0 N–H and O–H groups in total. The van der Waals surface area contributed by atoms with Crippen molar-refractivity contribution >= 4 is 5.97 Å². The molecular formula is C12H16N2O2. The normalized spacial score (nSPS) is 10.5. The molecule has 0 bridgehead atoms. The molecule has 1 rings (SSSR count). The summed E-state index contributed by atoms with van der Waals surface area (Å²) in [4.78, 5) is 11.3. The fourth-order valence-electron chi connectivity index (χ4n) is 1.11. The first-order chi connectivity index (χ1) is 7.42. The average molecular weight is 220 g/mol. The minimum Gasteiger partial charge on any atom is -0.450 e. The van der Waals surface area contributed by atoms with E-state index >= 15 is 0 Å². The Morgan fingerprint density at radius 1 is 1.56 bits per heavy atom. The molecule has 16 heavy (non-hydrogen) atoms. The molecule has 0 aliphatic rings. The summed E-state index contributed by atoms with van der Waals surface area (Å²) in [5.41, 5.74) is 0.213. The van der Waals surface area contributed by atoms with Crippen LogP contribution in [0.3, 0.4) is 0 Å². The van der Waals surface area contributed by atoms with Gasteiger partial charge in [-0.3, -0.25) is 4.68 Å². The van der Waals surface area contributed by atoms with Crippen LogP contribution in [0.1, 0.15) is 33.4 Å². The SMILES string of the molecule is CCn1nccc1C#CC(=O)OC(C)(C)C. The largest absolute Gasteiger partial charge is 0.450 e. The molecule has 0 unspecified atom stereocenters. The minimum absolute atomic E-state index is 0.503. The second-order valence-corrected chi connectivity index (χ2v) is 4.28. The lowest BCUT2D eigenvalue weighted by atomic mass is 10.2. The average Bonchev–Trinajstić information content (AvgIpc) is 2.59. The van der Waals surface area contributed by atoms with Crippen LogP contribution in [0, 0.1) is 11.8 Å². The van der Waals surface area contributed by atoms with Gasteiger partial charge < -0.3 is 4.74 Å². The Labute approximate surface area is 95.6 Å². The number of hydrogen-bond acceptors (Lipinski definition) is 3. The van der Waals surface area contributed by atoms with Crippen molar-refractivity contribution < 1.29 is 9.53 Å². The van der Waals surface area contributed by atoms with Gasteiger partial charge in [-0.05, 0) is 39.7 Å². The first-order valence-electron chi connectivity index (χ1n) is 5.19. The van der Waals surface area contributed by atoms with Gasteiger partial charge in [-0.15, -0.1) is 0 Å². The number of rotatable bonds is 1. The number of aryl methyl sites for hydroxylation is 1. The van der Waals surface area contributed by atoms with E-state index in [9.17, 15) is 4.79 Å². The van der Waals surface area contributed by atoms with E-state index < -0.39 is 11.6 Å². The van der Waals surface area contributed by atoms with E-state index in [-0.39, 0.29) is 0 Å². The summed E-state index contributed by atoms with van der Waals surface area (Å²) >= 11 is 0. The van der Waals surface area contributed by atoms with Crippen LogP contribution in [-0.2, 0) is 16.1 Å². The van der Waals surface area contributed by atoms with E-state index in [2.05, 4.69) is 16.9 Å². The highest BCUT2D eigenvalue weighted by molar-refractivity contribution is 5.89. The number of carbonyl (C=O) groups is 1. The Bertz CT molecular complexity index is 430. The number of esters is 1. The lowest BCUT2D eigenvalue weighted by Crippen LogP contribution is -2.22. The van der Waals surface area contributed by atoms with E-state index in [0.29, 0.717) is 5.69 Å². The maximum absolute atomic E-state index is 11.3. The molecule has 86 valence electrons. The molecule has 0 atom stereocenters. The van der Waals surface area contributed by atoms with Gasteiger partial charge in [0.15, 0.2) is 0 Å². The molecule has 0 amide bonds. The molecule has 0 aliphatic heterocycles.